The predicted octanol–water partition coefficient (Wildman–Crippen LogP) is 6.14. The molecule has 0 saturated carbocycles. The van der Waals surface area contributed by atoms with Gasteiger partial charge >= 0.3 is 0 Å². The van der Waals surface area contributed by atoms with Crippen molar-refractivity contribution >= 4 is 17.4 Å². The van der Waals surface area contributed by atoms with Gasteiger partial charge in [0.05, 0.1) is 31.9 Å². The molecule has 7 nitrogen and oxygen atoms in total. The van der Waals surface area contributed by atoms with Gasteiger partial charge in [-0.1, -0.05) is 50.2 Å². The first-order valence-electron chi connectivity index (χ1n) is 13.2. The van der Waals surface area contributed by atoms with Crippen molar-refractivity contribution in [2.24, 2.45) is 5.92 Å². The molecule has 1 aliphatic heterocycles. The van der Waals surface area contributed by atoms with Gasteiger partial charge in [-0.3, -0.25) is 9.59 Å². The summed E-state index contributed by atoms with van der Waals surface area (Å²) in [6.07, 6.45) is 0.895. The van der Waals surface area contributed by atoms with Crippen molar-refractivity contribution in [2.75, 3.05) is 20.3 Å². The minimum absolute atomic E-state index is 0.0250. The molecule has 0 bridgehead atoms. The maximum atomic E-state index is 13.4. The van der Waals surface area contributed by atoms with Gasteiger partial charge in [-0.05, 0) is 66.8 Å². The van der Waals surface area contributed by atoms with Crippen LogP contribution in [0.15, 0.2) is 78.4 Å². The molecule has 1 amide bonds. The van der Waals surface area contributed by atoms with Crippen molar-refractivity contribution in [1.82, 2.24) is 4.90 Å². The van der Waals surface area contributed by atoms with Gasteiger partial charge in [0.25, 0.3) is 11.7 Å². The Kier molecular flexibility index (Phi) is 8.92. The van der Waals surface area contributed by atoms with E-state index in [0.29, 0.717) is 47.5 Å². The van der Waals surface area contributed by atoms with E-state index >= 15 is 0 Å². The molecule has 3 aromatic carbocycles. The summed E-state index contributed by atoms with van der Waals surface area (Å²) in [5, 5.41) is 11.4. The minimum Gasteiger partial charge on any atom is -0.507 e. The molecule has 0 aliphatic carbocycles. The first-order chi connectivity index (χ1) is 18.8. The lowest BCUT2D eigenvalue weighted by atomic mass is 9.94. The summed E-state index contributed by atoms with van der Waals surface area (Å²) in [4.78, 5) is 28.3. The quantitative estimate of drug-likeness (QED) is 0.182. The number of ketones is 1. The van der Waals surface area contributed by atoms with Crippen LogP contribution in [0.25, 0.3) is 5.76 Å². The number of amides is 1. The largest absolute Gasteiger partial charge is 0.507 e. The van der Waals surface area contributed by atoms with E-state index in [1.807, 2.05) is 43.3 Å². The summed E-state index contributed by atoms with van der Waals surface area (Å²) >= 11 is 0. The van der Waals surface area contributed by atoms with Gasteiger partial charge in [0.2, 0.25) is 0 Å². The van der Waals surface area contributed by atoms with Crippen molar-refractivity contribution in [3.63, 3.8) is 0 Å². The number of rotatable bonds is 11. The molecule has 1 atom stereocenters. The summed E-state index contributed by atoms with van der Waals surface area (Å²) in [6, 6.07) is 20.8. The number of aliphatic hydroxyl groups excluding tert-OH is 1. The van der Waals surface area contributed by atoms with Gasteiger partial charge in [0.1, 0.15) is 11.5 Å². The Hall–Kier alpha value is -4.26. The van der Waals surface area contributed by atoms with Crippen LogP contribution in [0.1, 0.15) is 49.9 Å². The van der Waals surface area contributed by atoms with Crippen molar-refractivity contribution < 1.29 is 28.9 Å². The third-order valence-electron chi connectivity index (χ3n) is 6.64. The van der Waals surface area contributed by atoms with E-state index in [-0.39, 0.29) is 17.9 Å². The van der Waals surface area contributed by atoms with Crippen LogP contribution in [-0.2, 0) is 16.1 Å². The van der Waals surface area contributed by atoms with E-state index < -0.39 is 17.7 Å². The van der Waals surface area contributed by atoms with Crippen molar-refractivity contribution in [2.45, 2.75) is 39.8 Å². The SMILES string of the molecule is CCOc1cc(C2/C(=C(\O)c3ccc(OC)cc3)C(=O)C(=O)N2Cc2ccccc2)ccc1OCCC(C)C. The standard InChI is InChI=1S/C32H35NO6/c1-5-38-27-19-24(13-16-26(27)39-18-17-21(2)3)29-28(30(34)23-11-14-25(37-4)15-12-23)31(35)32(36)33(29)20-22-9-7-6-8-10-22/h6-16,19,21,29,34H,5,17-18,20H2,1-4H3/b30-28+. The molecule has 1 heterocycles. The van der Waals surface area contributed by atoms with Gasteiger partial charge in [0, 0.05) is 12.1 Å². The molecular weight excluding hydrogens is 494 g/mol. The van der Waals surface area contributed by atoms with Crippen LogP contribution in [0.2, 0.25) is 0 Å². The number of benzene rings is 3. The zero-order chi connectivity index (χ0) is 27.9. The fourth-order valence-electron chi connectivity index (χ4n) is 4.56. The number of hydrogen-bond donors (Lipinski definition) is 1. The van der Waals surface area contributed by atoms with E-state index in [1.54, 1.807) is 43.5 Å². The van der Waals surface area contributed by atoms with Crippen molar-refractivity contribution in [3.05, 3.63) is 95.1 Å². The number of aliphatic hydroxyl groups is 1. The van der Waals surface area contributed by atoms with Gasteiger partial charge in [-0.25, -0.2) is 0 Å². The van der Waals surface area contributed by atoms with E-state index in [4.69, 9.17) is 14.2 Å². The van der Waals surface area contributed by atoms with Crippen LogP contribution >= 0.6 is 0 Å². The van der Waals surface area contributed by atoms with Gasteiger partial charge in [-0.15, -0.1) is 0 Å². The second-order valence-electron chi connectivity index (χ2n) is 9.81. The van der Waals surface area contributed by atoms with Crippen LogP contribution in [0, 0.1) is 5.92 Å². The van der Waals surface area contributed by atoms with Crippen LogP contribution in [0.5, 0.6) is 17.2 Å². The molecule has 1 fully saturated rings. The number of methoxy groups -OCH3 is 1. The second kappa shape index (κ2) is 12.5. The Morgan fingerprint density at radius 3 is 2.31 bits per heavy atom. The Bertz CT molecular complexity index is 1330. The molecule has 4 rings (SSSR count). The van der Waals surface area contributed by atoms with Gasteiger partial charge < -0.3 is 24.2 Å². The van der Waals surface area contributed by atoms with E-state index in [1.165, 1.54) is 4.90 Å². The first-order valence-corrected chi connectivity index (χ1v) is 13.2. The lowest BCUT2D eigenvalue weighted by molar-refractivity contribution is -0.140. The smallest absolute Gasteiger partial charge is 0.295 e. The lowest BCUT2D eigenvalue weighted by Crippen LogP contribution is -2.29. The monoisotopic (exact) mass is 529 g/mol. The third kappa shape index (κ3) is 6.25. The molecule has 3 aromatic rings. The Morgan fingerprint density at radius 1 is 0.949 bits per heavy atom. The van der Waals surface area contributed by atoms with E-state index in [2.05, 4.69) is 13.8 Å². The average molecular weight is 530 g/mol. The summed E-state index contributed by atoms with van der Waals surface area (Å²) in [7, 11) is 1.55. The highest BCUT2D eigenvalue weighted by molar-refractivity contribution is 6.46. The summed E-state index contributed by atoms with van der Waals surface area (Å²) < 4.78 is 17.1. The number of Topliss-reactive ketones (excluding diaryl/α,β-unsaturated/α-hetero) is 1. The molecule has 0 spiro atoms. The summed E-state index contributed by atoms with van der Waals surface area (Å²) in [5.74, 6) is 0.572. The topological polar surface area (TPSA) is 85.3 Å². The number of likely N-dealkylation sites (tertiary alicyclic amines) is 1. The highest BCUT2D eigenvalue weighted by Gasteiger charge is 2.46. The molecule has 1 saturated heterocycles. The second-order valence-corrected chi connectivity index (χ2v) is 9.81. The molecule has 1 N–H and O–H groups in total. The zero-order valence-electron chi connectivity index (χ0n) is 22.8. The minimum atomic E-state index is -0.823. The maximum absolute atomic E-state index is 13.4. The molecule has 1 aliphatic rings. The summed E-state index contributed by atoms with van der Waals surface area (Å²) in [5.41, 5.74) is 1.95. The normalized spacial score (nSPS) is 16.5. The predicted molar refractivity (Wildman–Crippen MR) is 150 cm³/mol. The number of ether oxygens (including phenoxy) is 3. The fourth-order valence-corrected chi connectivity index (χ4v) is 4.56. The average Bonchev–Trinajstić information content (AvgIpc) is 3.19. The molecule has 39 heavy (non-hydrogen) atoms. The number of hydrogen-bond acceptors (Lipinski definition) is 6. The van der Waals surface area contributed by atoms with Gasteiger partial charge in [-0.2, -0.15) is 0 Å². The van der Waals surface area contributed by atoms with Crippen LogP contribution in [0.4, 0.5) is 0 Å². The number of nitrogens with zero attached hydrogens (tertiary/aromatic N) is 1. The van der Waals surface area contributed by atoms with Crippen molar-refractivity contribution in [3.8, 4) is 17.2 Å². The highest BCUT2D eigenvalue weighted by Crippen LogP contribution is 2.43. The van der Waals surface area contributed by atoms with E-state index in [9.17, 15) is 14.7 Å². The Labute approximate surface area is 229 Å². The molecular formula is C32H35NO6. The Morgan fingerprint density at radius 2 is 1.67 bits per heavy atom. The first kappa shape index (κ1) is 27.8. The number of carbonyl (C=O) groups excluding carboxylic acids is 2. The van der Waals surface area contributed by atoms with Gasteiger partial charge in [0.15, 0.2) is 11.5 Å². The maximum Gasteiger partial charge on any atom is 0.295 e. The molecule has 1 unspecified atom stereocenters. The fraction of sp³-hybridized carbons (Fsp3) is 0.312. The zero-order valence-corrected chi connectivity index (χ0v) is 22.8. The molecule has 0 radical (unpaired) electrons. The molecule has 7 heteroatoms. The molecule has 204 valence electrons. The Balaban J connectivity index is 1.81. The third-order valence-corrected chi connectivity index (χ3v) is 6.64. The summed E-state index contributed by atoms with van der Waals surface area (Å²) in [6.45, 7) is 7.31. The van der Waals surface area contributed by atoms with Crippen LogP contribution in [-0.4, -0.2) is 42.0 Å². The molecule has 0 aromatic heterocycles. The number of carbonyl (C=O) groups is 2. The van der Waals surface area contributed by atoms with Crippen LogP contribution < -0.4 is 14.2 Å². The van der Waals surface area contributed by atoms with Crippen LogP contribution in [0.3, 0.4) is 0 Å². The highest BCUT2D eigenvalue weighted by atomic mass is 16.5. The van der Waals surface area contributed by atoms with E-state index in [0.717, 1.165) is 12.0 Å². The van der Waals surface area contributed by atoms with Crippen molar-refractivity contribution in [1.29, 1.82) is 0 Å². The lowest BCUT2D eigenvalue weighted by Gasteiger charge is -2.26.